The molecule has 4 rings (SSSR count). The van der Waals surface area contributed by atoms with E-state index in [-0.39, 0.29) is 31.3 Å². The van der Waals surface area contributed by atoms with E-state index >= 15 is 0 Å². The van der Waals surface area contributed by atoms with Crippen LogP contribution in [-0.4, -0.2) is 30.3 Å². The Morgan fingerprint density at radius 3 is 2.00 bits per heavy atom. The van der Waals surface area contributed by atoms with Crippen molar-refractivity contribution in [1.82, 2.24) is 0 Å². The number of halogens is 3. The molecular formula is C18H25F3O4. The van der Waals surface area contributed by atoms with Crippen LogP contribution < -0.4 is 0 Å². The topological polar surface area (TPSA) is 52.6 Å². The molecule has 4 saturated carbocycles. The first kappa shape index (κ1) is 18.5. The molecule has 0 aliphatic heterocycles. The summed E-state index contributed by atoms with van der Waals surface area (Å²) in [5.41, 5.74) is 0. The first-order valence-electron chi connectivity index (χ1n) is 9.18. The highest BCUT2D eigenvalue weighted by atomic mass is 19.4. The number of ether oxygens (including phenoxy) is 2. The van der Waals surface area contributed by atoms with Crippen molar-refractivity contribution in [3.63, 3.8) is 0 Å². The van der Waals surface area contributed by atoms with Crippen LogP contribution in [0.3, 0.4) is 0 Å². The lowest BCUT2D eigenvalue weighted by Crippen LogP contribution is -2.50. The summed E-state index contributed by atoms with van der Waals surface area (Å²) in [5, 5.41) is 0. The Kier molecular flexibility index (Phi) is 5.30. The zero-order chi connectivity index (χ0) is 18.2. The molecule has 142 valence electrons. The monoisotopic (exact) mass is 362 g/mol. The number of carbonyl (C=O) groups is 2. The van der Waals surface area contributed by atoms with Gasteiger partial charge in [0.2, 0.25) is 0 Å². The molecule has 4 aliphatic rings. The minimum Gasteiger partial charge on any atom is -0.462 e. The van der Waals surface area contributed by atoms with Gasteiger partial charge >= 0.3 is 18.1 Å². The van der Waals surface area contributed by atoms with Gasteiger partial charge in [-0.3, -0.25) is 9.59 Å². The Hall–Kier alpha value is -1.27. The Bertz CT molecular complexity index is 489. The lowest BCUT2D eigenvalue weighted by atomic mass is 9.55. The SMILES string of the molecule is CC(OC(=O)CCCC(=O)OC1C2CC3CC(C2)CC1C3)C(F)(F)F. The molecule has 0 spiro atoms. The molecule has 7 heteroatoms. The Morgan fingerprint density at radius 2 is 1.48 bits per heavy atom. The van der Waals surface area contributed by atoms with E-state index in [0.717, 1.165) is 44.4 Å². The van der Waals surface area contributed by atoms with E-state index in [4.69, 9.17) is 4.74 Å². The minimum absolute atomic E-state index is 0.00231. The van der Waals surface area contributed by atoms with Gasteiger partial charge < -0.3 is 9.47 Å². The molecule has 0 aromatic rings. The summed E-state index contributed by atoms with van der Waals surface area (Å²) in [6.45, 7) is 0.790. The molecule has 4 aliphatic carbocycles. The highest BCUT2D eigenvalue weighted by Crippen LogP contribution is 2.54. The molecule has 4 bridgehead atoms. The predicted molar refractivity (Wildman–Crippen MR) is 82.4 cm³/mol. The van der Waals surface area contributed by atoms with E-state index < -0.39 is 18.2 Å². The number of rotatable bonds is 6. The van der Waals surface area contributed by atoms with Gasteiger partial charge in [-0.25, -0.2) is 0 Å². The Labute approximate surface area is 145 Å². The van der Waals surface area contributed by atoms with Crippen LogP contribution in [0, 0.1) is 23.7 Å². The van der Waals surface area contributed by atoms with Crippen molar-refractivity contribution >= 4 is 11.9 Å². The third-order valence-corrected chi connectivity index (χ3v) is 5.94. The molecule has 0 amide bonds. The van der Waals surface area contributed by atoms with Gasteiger partial charge in [0, 0.05) is 12.8 Å². The lowest BCUT2D eigenvalue weighted by Gasteiger charge is -2.53. The van der Waals surface area contributed by atoms with E-state index in [0.29, 0.717) is 11.8 Å². The molecule has 1 unspecified atom stereocenters. The quantitative estimate of drug-likeness (QED) is 0.670. The van der Waals surface area contributed by atoms with Gasteiger partial charge in [0.15, 0.2) is 6.10 Å². The maximum Gasteiger partial charge on any atom is 0.425 e. The van der Waals surface area contributed by atoms with Crippen molar-refractivity contribution in [1.29, 1.82) is 0 Å². The smallest absolute Gasteiger partial charge is 0.425 e. The van der Waals surface area contributed by atoms with Crippen molar-refractivity contribution in [2.45, 2.75) is 76.7 Å². The fourth-order valence-electron chi connectivity index (χ4n) is 4.98. The summed E-state index contributed by atoms with van der Waals surface area (Å²) in [7, 11) is 0. The zero-order valence-electron chi connectivity index (χ0n) is 14.4. The molecule has 0 saturated heterocycles. The van der Waals surface area contributed by atoms with Crippen LogP contribution in [0.5, 0.6) is 0 Å². The maximum atomic E-state index is 12.3. The molecule has 4 nitrogen and oxygen atoms in total. The van der Waals surface area contributed by atoms with Crippen LogP contribution in [0.15, 0.2) is 0 Å². The Morgan fingerprint density at radius 1 is 0.960 bits per heavy atom. The van der Waals surface area contributed by atoms with Crippen LogP contribution in [-0.2, 0) is 19.1 Å². The second-order valence-corrected chi connectivity index (χ2v) is 7.91. The highest BCUT2D eigenvalue weighted by Gasteiger charge is 2.49. The summed E-state index contributed by atoms with van der Waals surface area (Å²) in [5.74, 6) is 1.24. The first-order valence-corrected chi connectivity index (χ1v) is 9.18. The average molecular weight is 362 g/mol. The average Bonchev–Trinajstić information content (AvgIpc) is 2.49. The fourth-order valence-corrected chi connectivity index (χ4v) is 4.98. The molecule has 0 radical (unpaired) electrons. The summed E-state index contributed by atoms with van der Waals surface area (Å²) >= 11 is 0. The van der Waals surface area contributed by atoms with E-state index in [9.17, 15) is 22.8 Å². The van der Waals surface area contributed by atoms with E-state index in [2.05, 4.69) is 4.74 Å². The molecule has 0 heterocycles. The summed E-state index contributed by atoms with van der Waals surface area (Å²) < 4.78 is 46.9. The first-order chi connectivity index (χ1) is 11.7. The zero-order valence-corrected chi connectivity index (χ0v) is 14.4. The van der Waals surface area contributed by atoms with Crippen molar-refractivity contribution in [3.05, 3.63) is 0 Å². The molecule has 0 aromatic carbocycles. The molecule has 0 N–H and O–H groups in total. The third kappa shape index (κ3) is 4.47. The normalized spacial score (nSPS) is 34.6. The standard InChI is InChI=1S/C18H25F3O4/c1-10(18(19,20)21)24-15(22)3-2-4-16(23)25-17-13-6-11-5-12(8-13)9-14(17)7-11/h10-14,17H,2-9H2,1H3. The van der Waals surface area contributed by atoms with Crippen molar-refractivity contribution in [2.24, 2.45) is 23.7 Å². The molecular weight excluding hydrogens is 337 g/mol. The van der Waals surface area contributed by atoms with E-state index in [1.54, 1.807) is 0 Å². The van der Waals surface area contributed by atoms with Crippen LogP contribution in [0.25, 0.3) is 0 Å². The molecule has 1 atom stereocenters. The van der Waals surface area contributed by atoms with E-state index in [1.807, 2.05) is 0 Å². The van der Waals surface area contributed by atoms with Crippen LogP contribution in [0.1, 0.15) is 58.3 Å². The number of carbonyl (C=O) groups excluding carboxylic acids is 2. The molecule has 25 heavy (non-hydrogen) atoms. The second kappa shape index (κ2) is 7.16. The summed E-state index contributed by atoms with van der Waals surface area (Å²) in [4.78, 5) is 23.4. The van der Waals surface area contributed by atoms with Gasteiger partial charge in [-0.15, -0.1) is 0 Å². The largest absolute Gasteiger partial charge is 0.462 e. The molecule has 4 fully saturated rings. The number of hydrogen-bond donors (Lipinski definition) is 0. The molecule has 0 aromatic heterocycles. The van der Waals surface area contributed by atoms with E-state index in [1.165, 1.54) is 6.42 Å². The van der Waals surface area contributed by atoms with Crippen LogP contribution in [0.4, 0.5) is 13.2 Å². The number of esters is 2. The van der Waals surface area contributed by atoms with Gasteiger partial charge in [-0.2, -0.15) is 13.2 Å². The van der Waals surface area contributed by atoms with Crippen LogP contribution in [0.2, 0.25) is 0 Å². The lowest BCUT2D eigenvalue weighted by molar-refractivity contribution is -0.216. The van der Waals surface area contributed by atoms with Gasteiger partial charge in [-0.1, -0.05) is 0 Å². The highest BCUT2D eigenvalue weighted by molar-refractivity contribution is 5.72. The fraction of sp³-hybridized carbons (Fsp3) is 0.889. The maximum absolute atomic E-state index is 12.3. The summed E-state index contributed by atoms with van der Waals surface area (Å²) in [6.07, 6.45) is -0.804. The van der Waals surface area contributed by atoms with Gasteiger partial charge in [0.1, 0.15) is 6.10 Å². The van der Waals surface area contributed by atoms with Crippen LogP contribution >= 0.6 is 0 Å². The van der Waals surface area contributed by atoms with Crippen molar-refractivity contribution in [3.8, 4) is 0 Å². The van der Waals surface area contributed by atoms with Crippen molar-refractivity contribution in [2.75, 3.05) is 0 Å². The minimum atomic E-state index is -4.56. The van der Waals surface area contributed by atoms with Crippen molar-refractivity contribution < 1.29 is 32.2 Å². The number of hydrogen-bond acceptors (Lipinski definition) is 4. The predicted octanol–water partition coefficient (Wildman–Crippen LogP) is 4.02. The van der Waals surface area contributed by atoms with Gasteiger partial charge in [-0.05, 0) is 69.1 Å². The second-order valence-electron chi connectivity index (χ2n) is 7.91. The Balaban J connectivity index is 1.37. The summed E-state index contributed by atoms with van der Waals surface area (Å²) in [6, 6.07) is 0. The van der Waals surface area contributed by atoms with Gasteiger partial charge in [0.25, 0.3) is 0 Å². The van der Waals surface area contributed by atoms with Gasteiger partial charge in [0.05, 0.1) is 0 Å². The number of alkyl halides is 3. The third-order valence-electron chi connectivity index (χ3n) is 5.94.